The van der Waals surface area contributed by atoms with Crippen LogP contribution in [0.2, 0.25) is 0 Å². The van der Waals surface area contributed by atoms with Crippen molar-refractivity contribution in [1.82, 2.24) is 0 Å². The molecule has 0 aromatic rings. The van der Waals surface area contributed by atoms with Crippen molar-refractivity contribution >= 4 is 6.16 Å². The Kier molecular flexibility index (Phi) is 24.4. The summed E-state index contributed by atoms with van der Waals surface area (Å²) in [5.74, 6) is 0. The van der Waals surface area contributed by atoms with Gasteiger partial charge in [-0.05, 0) is 6.16 Å². The summed E-state index contributed by atoms with van der Waals surface area (Å²) < 4.78 is 0. The third-order valence-electron chi connectivity index (χ3n) is 0. The van der Waals surface area contributed by atoms with Gasteiger partial charge in [0.25, 0.3) is 0 Å². The van der Waals surface area contributed by atoms with Gasteiger partial charge in [-0.3, -0.25) is 0 Å². The maximum atomic E-state index is 8.33. The topological polar surface area (TPSA) is 63.2 Å². The van der Waals surface area contributed by atoms with Crippen LogP contribution in [0, 0.1) is 0 Å². The zero-order valence-corrected chi connectivity index (χ0v) is 4.65. The summed E-state index contributed by atoms with van der Waals surface area (Å²) in [6, 6.07) is 0. The monoisotopic (exact) mass is 175 g/mol. The molecule has 0 unspecified atom stereocenters. The second kappa shape index (κ2) is 9.01. The molecule has 3 nitrogen and oxygen atoms in total. The minimum absolute atomic E-state index is 0. The second-order valence-electron chi connectivity index (χ2n) is 0.250. The van der Waals surface area contributed by atoms with Crippen LogP contribution < -0.4 is 10.2 Å². The summed E-state index contributed by atoms with van der Waals surface area (Å²) in [6.45, 7) is 0. The van der Waals surface area contributed by atoms with Gasteiger partial charge in [0.05, 0.1) is 0 Å². The first-order chi connectivity index (χ1) is 1.73. The average molecular weight is 176 g/mol. The molecule has 0 amide bonds. The summed E-state index contributed by atoms with van der Waals surface area (Å²) >= 11 is 0. The quantitative estimate of drug-likeness (QED) is 0.384. The summed E-state index contributed by atoms with van der Waals surface area (Å²) in [5.41, 5.74) is 0. The van der Waals surface area contributed by atoms with Gasteiger partial charge in [0, 0.05) is 0 Å². The maximum Gasteiger partial charge on any atom is 3.00 e. The Hall–Kier alpha value is 0.322. The van der Waals surface area contributed by atoms with Gasteiger partial charge < -0.3 is 15.0 Å². The van der Waals surface area contributed by atoms with E-state index in [1.807, 2.05) is 0 Å². The fraction of sp³-hybridized carbons (Fsp3) is 0. The van der Waals surface area contributed by atoms with Crippen molar-refractivity contribution in [2.24, 2.45) is 0 Å². The molecule has 5 heteroatoms. The summed E-state index contributed by atoms with van der Waals surface area (Å²) in [5, 5.41) is 16.7. The van der Waals surface area contributed by atoms with Gasteiger partial charge in [-0.1, -0.05) is 0 Å². The van der Waals surface area contributed by atoms with Crippen LogP contribution in [-0.2, 0) is 34.4 Å². The number of hydrogen-bond acceptors (Lipinski definition) is 3. The first kappa shape index (κ1) is 16.2. The molecule has 0 bridgehead atoms. The van der Waals surface area contributed by atoms with Crippen molar-refractivity contribution in [1.29, 1.82) is 0 Å². The Bertz CT molecular complexity index is 33.8. The molecular formula is CCrCuO3+3. The van der Waals surface area contributed by atoms with Gasteiger partial charge in [-0.25, -0.2) is 0 Å². The zero-order valence-electron chi connectivity index (χ0n) is 2.43. The Morgan fingerprint density at radius 1 is 1.33 bits per heavy atom. The fourth-order valence-corrected chi connectivity index (χ4v) is 0. The number of hydrogen-bond donors (Lipinski definition) is 0. The van der Waals surface area contributed by atoms with Crippen LogP contribution >= 0.6 is 0 Å². The van der Waals surface area contributed by atoms with E-state index in [-0.39, 0.29) is 34.4 Å². The van der Waals surface area contributed by atoms with Crippen LogP contribution in [0.15, 0.2) is 0 Å². The van der Waals surface area contributed by atoms with Gasteiger partial charge in [-0.15, -0.1) is 0 Å². The van der Waals surface area contributed by atoms with Crippen molar-refractivity contribution in [3.63, 3.8) is 0 Å². The van der Waals surface area contributed by atoms with Crippen LogP contribution in [-0.4, -0.2) is 6.16 Å². The standard InChI is InChI=1S/CH2O3.Cr.Cu/c2-1(3)4;;/h(H2,2,3,4);;/q;+3;+2/p-2. The SMILES string of the molecule is O=C([O-])[O-].[Cr+3].[Cu+2]. The van der Waals surface area contributed by atoms with Crippen molar-refractivity contribution in [3.8, 4) is 0 Å². The van der Waals surface area contributed by atoms with Gasteiger partial charge in [0.2, 0.25) is 0 Å². The Morgan fingerprint density at radius 3 is 1.33 bits per heavy atom. The van der Waals surface area contributed by atoms with Crippen molar-refractivity contribution < 1.29 is 49.4 Å². The van der Waals surface area contributed by atoms with Crippen LogP contribution in [0.5, 0.6) is 0 Å². The molecule has 0 aliphatic carbocycles. The van der Waals surface area contributed by atoms with Crippen LogP contribution in [0.3, 0.4) is 0 Å². The molecule has 2 radical (unpaired) electrons. The number of carboxylic acid groups (broad SMARTS) is 2. The van der Waals surface area contributed by atoms with E-state index in [2.05, 4.69) is 0 Å². The predicted octanol–water partition coefficient (Wildman–Crippen LogP) is -2.45. The van der Waals surface area contributed by atoms with Crippen molar-refractivity contribution in [2.75, 3.05) is 0 Å². The third-order valence-corrected chi connectivity index (χ3v) is 0. The largest absolute Gasteiger partial charge is 3.00 e. The molecule has 0 heterocycles. The van der Waals surface area contributed by atoms with Gasteiger partial charge in [0.1, 0.15) is 0 Å². The molecule has 0 saturated carbocycles. The van der Waals surface area contributed by atoms with Crippen molar-refractivity contribution in [3.05, 3.63) is 0 Å². The van der Waals surface area contributed by atoms with E-state index in [4.69, 9.17) is 15.0 Å². The molecule has 0 aliphatic rings. The molecule has 36 valence electrons. The number of carbonyl (C=O) groups excluding carboxylic acids is 1. The summed E-state index contributed by atoms with van der Waals surface area (Å²) in [4.78, 5) is 8.33. The van der Waals surface area contributed by atoms with Crippen LogP contribution in [0.25, 0.3) is 0 Å². The van der Waals surface area contributed by atoms with Crippen LogP contribution in [0.4, 0.5) is 4.79 Å². The van der Waals surface area contributed by atoms with Crippen molar-refractivity contribution in [2.45, 2.75) is 0 Å². The van der Waals surface area contributed by atoms with E-state index in [1.54, 1.807) is 0 Å². The van der Waals surface area contributed by atoms with Gasteiger partial charge in [-0.2, -0.15) is 0 Å². The van der Waals surface area contributed by atoms with Crippen LogP contribution in [0.1, 0.15) is 0 Å². The maximum absolute atomic E-state index is 8.33. The number of rotatable bonds is 0. The van der Waals surface area contributed by atoms with E-state index in [1.165, 1.54) is 0 Å². The summed E-state index contributed by atoms with van der Waals surface area (Å²) in [7, 11) is 0. The predicted molar refractivity (Wildman–Crippen MR) is 5.40 cm³/mol. The van der Waals surface area contributed by atoms with E-state index in [0.717, 1.165) is 0 Å². The first-order valence-corrected chi connectivity index (χ1v) is 0.612. The van der Waals surface area contributed by atoms with Gasteiger partial charge >= 0.3 is 34.4 Å². The molecule has 0 rings (SSSR count). The van der Waals surface area contributed by atoms with Gasteiger partial charge in [0.15, 0.2) is 0 Å². The minimum atomic E-state index is -2.33. The number of carbonyl (C=O) groups is 1. The molecule has 0 N–H and O–H groups in total. The summed E-state index contributed by atoms with van der Waals surface area (Å²) in [6.07, 6.45) is -2.33. The molecule has 6 heavy (non-hydrogen) atoms. The van der Waals surface area contributed by atoms with E-state index < -0.39 is 6.16 Å². The fourth-order valence-electron chi connectivity index (χ4n) is 0. The molecule has 0 aliphatic heterocycles. The second-order valence-corrected chi connectivity index (χ2v) is 0.250. The molecular weight excluding hydrogens is 176 g/mol. The molecule has 0 fully saturated rings. The minimum Gasteiger partial charge on any atom is -0.652 e. The Balaban J connectivity index is -0.0000000450. The molecule has 0 saturated heterocycles. The molecule has 0 spiro atoms. The smallest absolute Gasteiger partial charge is 0.652 e. The van der Waals surface area contributed by atoms with E-state index in [9.17, 15) is 0 Å². The third kappa shape index (κ3) is 460. The molecule has 0 aromatic carbocycles. The van der Waals surface area contributed by atoms with E-state index in [0.29, 0.717) is 0 Å². The Labute approximate surface area is 56.0 Å². The molecule has 0 aromatic heterocycles. The van der Waals surface area contributed by atoms with E-state index >= 15 is 0 Å². The Morgan fingerprint density at radius 2 is 1.33 bits per heavy atom. The normalized spacial score (nSPS) is 4.00. The first-order valence-electron chi connectivity index (χ1n) is 0.612. The molecule has 0 atom stereocenters. The average Bonchev–Trinajstić information content (AvgIpc) is 0.811. The zero-order chi connectivity index (χ0) is 3.58.